The summed E-state index contributed by atoms with van der Waals surface area (Å²) in [6.45, 7) is 6.47. The van der Waals surface area contributed by atoms with Gasteiger partial charge in [-0.05, 0) is 22.6 Å². The Morgan fingerprint density at radius 2 is 1.95 bits per heavy atom. The van der Waals surface area contributed by atoms with Crippen LogP contribution < -0.4 is 5.32 Å². The molecule has 0 saturated heterocycles. The Morgan fingerprint density at radius 3 is 2.42 bits per heavy atom. The van der Waals surface area contributed by atoms with Gasteiger partial charge >= 0.3 is 0 Å². The standard InChI is InChI=1S/C13H18IN5/c1-13(2,3)10-9(14)12(15-4)18-11(17-10)8-6-16-7-19(8)5/h6-7H,1-5H3,(H,15,17,18). The molecular formula is C13H18IN5. The van der Waals surface area contributed by atoms with E-state index in [9.17, 15) is 0 Å². The van der Waals surface area contributed by atoms with E-state index in [2.05, 4.69) is 58.6 Å². The zero-order valence-electron chi connectivity index (χ0n) is 11.8. The molecule has 0 aliphatic heterocycles. The van der Waals surface area contributed by atoms with Crippen molar-refractivity contribution in [1.82, 2.24) is 19.5 Å². The number of nitrogens with zero attached hydrogens (tertiary/aromatic N) is 4. The maximum atomic E-state index is 4.74. The molecule has 0 aliphatic rings. The molecule has 0 atom stereocenters. The van der Waals surface area contributed by atoms with Crippen molar-refractivity contribution in [2.45, 2.75) is 26.2 Å². The fourth-order valence-electron chi connectivity index (χ4n) is 1.80. The second kappa shape index (κ2) is 5.07. The van der Waals surface area contributed by atoms with Gasteiger partial charge in [0.2, 0.25) is 0 Å². The fourth-order valence-corrected chi connectivity index (χ4v) is 3.12. The first-order valence-electron chi connectivity index (χ1n) is 6.07. The Morgan fingerprint density at radius 1 is 1.26 bits per heavy atom. The molecule has 2 aromatic rings. The first-order valence-corrected chi connectivity index (χ1v) is 7.15. The molecular weight excluding hydrogens is 353 g/mol. The molecule has 0 bridgehead atoms. The van der Waals surface area contributed by atoms with Gasteiger partial charge < -0.3 is 9.88 Å². The van der Waals surface area contributed by atoms with E-state index < -0.39 is 0 Å². The van der Waals surface area contributed by atoms with Crippen LogP contribution in [0.3, 0.4) is 0 Å². The monoisotopic (exact) mass is 371 g/mol. The van der Waals surface area contributed by atoms with Crippen molar-refractivity contribution in [3.05, 3.63) is 21.8 Å². The number of aromatic nitrogens is 4. The predicted octanol–water partition coefficient (Wildman–Crippen LogP) is 2.82. The number of hydrogen-bond donors (Lipinski definition) is 1. The summed E-state index contributed by atoms with van der Waals surface area (Å²) >= 11 is 2.30. The first kappa shape index (κ1) is 14.2. The van der Waals surface area contributed by atoms with Gasteiger partial charge in [0.1, 0.15) is 11.5 Å². The Hall–Kier alpha value is -1.18. The van der Waals surface area contributed by atoms with Gasteiger partial charge in [0.15, 0.2) is 5.82 Å². The van der Waals surface area contributed by atoms with Crippen LogP contribution in [0.25, 0.3) is 11.5 Å². The largest absolute Gasteiger partial charge is 0.372 e. The molecule has 0 spiro atoms. The van der Waals surface area contributed by atoms with E-state index in [4.69, 9.17) is 4.98 Å². The molecule has 19 heavy (non-hydrogen) atoms. The first-order chi connectivity index (χ1) is 8.84. The van der Waals surface area contributed by atoms with E-state index in [1.54, 1.807) is 12.5 Å². The summed E-state index contributed by atoms with van der Waals surface area (Å²) in [5.74, 6) is 1.56. The zero-order valence-corrected chi connectivity index (χ0v) is 14.0. The highest BCUT2D eigenvalue weighted by atomic mass is 127. The number of imidazole rings is 1. The number of aryl methyl sites for hydroxylation is 1. The SMILES string of the molecule is CNc1nc(-c2cncn2C)nc(C(C)(C)C)c1I. The number of nitrogens with one attached hydrogen (secondary N) is 1. The van der Waals surface area contributed by atoms with E-state index in [1.165, 1.54) is 0 Å². The lowest BCUT2D eigenvalue weighted by Crippen LogP contribution is -2.18. The predicted molar refractivity (Wildman–Crippen MR) is 85.2 cm³/mol. The molecule has 2 heterocycles. The van der Waals surface area contributed by atoms with Gasteiger partial charge in [-0.1, -0.05) is 20.8 Å². The van der Waals surface area contributed by atoms with E-state index in [0.29, 0.717) is 5.82 Å². The molecule has 0 radical (unpaired) electrons. The molecule has 2 aromatic heterocycles. The van der Waals surface area contributed by atoms with Gasteiger partial charge in [-0.3, -0.25) is 0 Å². The normalized spacial score (nSPS) is 11.7. The van der Waals surface area contributed by atoms with Crippen LogP contribution >= 0.6 is 22.6 Å². The summed E-state index contributed by atoms with van der Waals surface area (Å²) in [5.41, 5.74) is 1.93. The number of rotatable bonds is 2. The molecule has 0 amide bonds. The topological polar surface area (TPSA) is 55.6 Å². The molecule has 2 rings (SSSR count). The summed E-state index contributed by atoms with van der Waals surface area (Å²) in [7, 11) is 3.82. The second-order valence-corrected chi connectivity index (χ2v) is 6.53. The minimum atomic E-state index is -0.0294. The summed E-state index contributed by atoms with van der Waals surface area (Å²) in [4.78, 5) is 13.4. The maximum Gasteiger partial charge on any atom is 0.180 e. The van der Waals surface area contributed by atoms with Gasteiger partial charge in [-0.25, -0.2) is 15.0 Å². The Bertz CT molecular complexity index is 598. The Balaban J connectivity index is 2.68. The lowest BCUT2D eigenvalue weighted by atomic mass is 9.92. The van der Waals surface area contributed by atoms with Crippen LogP contribution in [-0.4, -0.2) is 26.6 Å². The average Bonchev–Trinajstić information content (AvgIpc) is 2.74. The van der Waals surface area contributed by atoms with Crippen molar-refractivity contribution in [2.24, 2.45) is 7.05 Å². The third-order valence-corrected chi connectivity index (χ3v) is 3.87. The molecule has 0 aliphatic carbocycles. The smallest absolute Gasteiger partial charge is 0.180 e. The van der Waals surface area contributed by atoms with Crippen LogP contribution in [0.5, 0.6) is 0 Å². The molecule has 6 heteroatoms. The molecule has 1 N–H and O–H groups in total. The summed E-state index contributed by atoms with van der Waals surface area (Å²) < 4.78 is 2.99. The van der Waals surface area contributed by atoms with Gasteiger partial charge in [-0.15, -0.1) is 0 Å². The molecule has 0 fully saturated rings. The van der Waals surface area contributed by atoms with Gasteiger partial charge in [-0.2, -0.15) is 0 Å². The highest BCUT2D eigenvalue weighted by molar-refractivity contribution is 14.1. The van der Waals surface area contributed by atoms with Crippen molar-refractivity contribution < 1.29 is 0 Å². The van der Waals surface area contributed by atoms with E-state index in [0.717, 1.165) is 20.8 Å². The van der Waals surface area contributed by atoms with Crippen molar-refractivity contribution >= 4 is 28.4 Å². The number of halogens is 1. The highest BCUT2D eigenvalue weighted by Gasteiger charge is 2.23. The number of anilines is 1. The summed E-state index contributed by atoms with van der Waals surface area (Å²) in [5, 5.41) is 3.14. The fraction of sp³-hybridized carbons (Fsp3) is 0.462. The molecule has 5 nitrogen and oxygen atoms in total. The lowest BCUT2D eigenvalue weighted by molar-refractivity contribution is 0.564. The Labute approximate surface area is 127 Å². The summed E-state index contributed by atoms with van der Waals surface area (Å²) in [6.07, 6.45) is 3.54. The Kier molecular flexibility index (Phi) is 3.80. The van der Waals surface area contributed by atoms with Gasteiger partial charge in [0.25, 0.3) is 0 Å². The van der Waals surface area contributed by atoms with Gasteiger partial charge in [0.05, 0.1) is 21.8 Å². The van der Waals surface area contributed by atoms with Crippen LogP contribution in [0, 0.1) is 3.57 Å². The van der Waals surface area contributed by atoms with Crippen molar-refractivity contribution in [1.29, 1.82) is 0 Å². The van der Waals surface area contributed by atoms with Crippen LogP contribution in [0.15, 0.2) is 12.5 Å². The molecule has 0 unspecified atom stereocenters. The third-order valence-electron chi connectivity index (χ3n) is 2.84. The van der Waals surface area contributed by atoms with E-state index in [1.807, 2.05) is 18.7 Å². The van der Waals surface area contributed by atoms with E-state index >= 15 is 0 Å². The maximum absolute atomic E-state index is 4.74. The van der Waals surface area contributed by atoms with Crippen LogP contribution in [0.1, 0.15) is 26.5 Å². The van der Waals surface area contributed by atoms with Crippen molar-refractivity contribution in [3.63, 3.8) is 0 Å². The van der Waals surface area contributed by atoms with E-state index in [-0.39, 0.29) is 5.41 Å². The quantitative estimate of drug-likeness (QED) is 0.825. The van der Waals surface area contributed by atoms with Crippen molar-refractivity contribution in [2.75, 3.05) is 12.4 Å². The minimum absolute atomic E-state index is 0.0294. The average molecular weight is 371 g/mol. The second-order valence-electron chi connectivity index (χ2n) is 5.45. The van der Waals surface area contributed by atoms with Crippen molar-refractivity contribution in [3.8, 4) is 11.5 Å². The van der Waals surface area contributed by atoms with Crippen LogP contribution in [-0.2, 0) is 12.5 Å². The molecule has 102 valence electrons. The third kappa shape index (κ3) is 2.72. The lowest BCUT2D eigenvalue weighted by Gasteiger charge is -2.21. The summed E-state index contributed by atoms with van der Waals surface area (Å²) in [6, 6.07) is 0. The number of hydrogen-bond acceptors (Lipinski definition) is 4. The molecule has 0 saturated carbocycles. The van der Waals surface area contributed by atoms with Crippen LogP contribution in [0.4, 0.5) is 5.82 Å². The molecule has 0 aromatic carbocycles. The minimum Gasteiger partial charge on any atom is -0.372 e. The van der Waals surface area contributed by atoms with Crippen LogP contribution in [0.2, 0.25) is 0 Å². The highest BCUT2D eigenvalue weighted by Crippen LogP contribution is 2.31. The van der Waals surface area contributed by atoms with Gasteiger partial charge in [0, 0.05) is 19.5 Å². The zero-order chi connectivity index (χ0) is 14.2.